The van der Waals surface area contributed by atoms with Gasteiger partial charge in [0.25, 0.3) is 0 Å². The van der Waals surface area contributed by atoms with E-state index in [-0.39, 0.29) is 29.5 Å². The molecule has 0 spiro atoms. The number of aryl methyl sites for hydroxylation is 1. The molecule has 182 valence electrons. The van der Waals surface area contributed by atoms with Crippen molar-refractivity contribution in [2.45, 2.75) is 50.9 Å². The number of hydrogen-bond acceptors (Lipinski definition) is 4. The Morgan fingerprint density at radius 2 is 1.80 bits per heavy atom. The molecule has 0 aliphatic heterocycles. The summed E-state index contributed by atoms with van der Waals surface area (Å²) in [5.74, 6) is 0.889. The Bertz CT molecular complexity index is 1240. The second kappa shape index (κ2) is 9.80. The van der Waals surface area contributed by atoms with E-state index in [9.17, 15) is 4.79 Å². The number of nitrogens with zero attached hydrogens (tertiary/aromatic N) is 1. The predicted octanol–water partition coefficient (Wildman–Crippen LogP) is 6.47. The van der Waals surface area contributed by atoms with Crippen LogP contribution in [0.25, 0.3) is 11.1 Å². The van der Waals surface area contributed by atoms with Crippen LogP contribution in [0.4, 0.5) is 4.39 Å². The van der Waals surface area contributed by atoms with Crippen molar-refractivity contribution in [2.75, 3.05) is 14.2 Å². The first-order valence-corrected chi connectivity index (χ1v) is 12.5. The summed E-state index contributed by atoms with van der Waals surface area (Å²) < 4.78 is 25.6. The van der Waals surface area contributed by atoms with E-state index >= 15 is 4.39 Å². The maximum absolute atomic E-state index is 15.3. The Kier molecular flexibility index (Phi) is 6.59. The minimum atomic E-state index is -0.168. The number of fused-ring (bicyclic) bond motifs is 1. The Hall–Kier alpha value is -3.21. The summed E-state index contributed by atoms with van der Waals surface area (Å²) in [5.41, 5.74) is 6.30. The lowest BCUT2D eigenvalue weighted by Gasteiger charge is -2.28. The number of ether oxygens (including phenoxy) is 2. The lowest BCUT2D eigenvalue weighted by molar-refractivity contribution is -0.145. The van der Waals surface area contributed by atoms with E-state index in [1.807, 2.05) is 31.2 Å². The van der Waals surface area contributed by atoms with E-state index in [4.69, 9.17) is 9.47 Å². The van der Waals surface area contributed by atoms with E-state index < -0.39 is 0 Å². The highest BCUT2D eigenvalue weighted by Crippen LogP contribution is 2.48. The van der Waals surface area contributed by atoms with Crippen LogP contribution in [0.1, 0.15) is 60.3 Å². The molecular weight excluding hydrogens is 441 g/mol. The Labute approximate surface area is 206 Å². The second-order valence-electron chi connectivity index (χ2n) is 9.97. The highest BCUT2D eigenvalue weighted by molar-refractivity contribution is 5.73. The fraction of sp³-hybridized carbons (Fsp3) is 0.400. The number of benzene rings is 2. The Morgan fingerprint density at radius 3 is 2.51 bits per heavy atom. The number of pyridine rings is 1. The van der Waals surface area contributed by atoms with Crippen LogP contribution in [0.2, 0.25) is 0 Å². The van der Waals surface area contributed by atoms with Crippen LogP contribution in [-0.4, -0.2) is 25.2 Å². The maximum atomic E-state index is 15.3. The van der Waals surface area contributed by atoms with Crippen LogP contribution in [0.15, 0.2) is 54.7 Å². The molecule has 3 unspecified atom stereocenters. The zero-order valence-corrected chi connectivity index (χ0v) is 20.6. The average Bonchev–Trinajstić information content (AvgIpc) is 3.73. The number of carbonyl (C=O) groups excluding carboxylic acids is 1. The van der Waals surface area contributed by atoms with Gasteiger partial charge in [0.1, 0.15) is 5.82 Å². The number of esters is 1. The third kappa shape index (κ3) is 4.82. The average molecular weight is 474 g/mol. The van der Waals surface area contributed by atoms with E-state index in [1.54, 1.807) is 19.4 Å². The van der Waals surface area contributed by atoms with Gasteiger partial charge < -0.3 is 9.47 Å². The summed E-state index contributed by atoms with van der Waals surface area (Å²) in [6.07, 6.45) is 6.66. The summed E-state index contributed by atoms with van der Waals surface area (Å²) in [7, 11) is 3.04. The molecule has 1 heterocycles. The highest BCUT2D eigenvalue weighted by atomic mass is 19.1. The van der Waals surface area contributed by atoms with Gasteiger partial charge in [-0.3, -0.25) is 4.79 Å². The third-order valence-corrected chi connectivity index (χ3v) is 7.80. The number of methoxy groups -OCH3 is 2. The quantitative estimate of drug-likeness (QED) is 0.369. The zero-order valence-electron chi connectivity index (χ0n) is 20.6. The smallest absolute Gasteiger partial charge is 0.309 e. The molecule has 1 fully saturated rings. The largest absolute Gasteiger partial charge is 0.481 e. The first kappa shape index (κ1) is 23.5. The van der Waals surface area contributed by atoms with Crippen molar-refractivity contribution in [2.24, 2.45) is 11.8 Å². The van der Waals surface area contributed by atoms with Gasteiger partial charge in [0, 0.05) is 12.3 Å². The van der Waals surface area contributed by atoms with Crippen molar-refractivity contribution in [1.82, 2.24) is 4.98 Å². The molecule has 3 atom stereocenters. The Balaban J connectivity index is 1.39. The molecule has 0 radical (unpaired) electrons. The van der Waals surface area contributed by atoms with Crippen LogP contribution in [0.5, 0.6) is 5.88 Å². The number of halogens is 1. The molecule has 3 aromatic rings. The summed E-state index contributed by atoms with van der Waals surface area (Å²) in [4.78, 5) is 16.4. The molecule has 0 saturated heterocycles. The van der Waals surface area contributed by atoms with Crippen LogP contribution in [0.3, 0.4) is 0 Å². The van der Waals surface area contributed by atoms with Crippen LogP contribution in [-0.2, 0) is 22.4 Å². The van der Waals surface area contributed by atoms with Crippen LogP contribution >= 0.6 is 0 Å². The molecule has 0 bridgehead atoms. The summed E-state index contributed by atoms with van der Waals surface area (Å²) >= 11 is 0. The molecule has 1 aromatic heterocycles. The van der Waals surface area contributed by atoms with Crippen LogP contribution in [0, 0.1) is 17.7 Å². The molecule has 35 heavy (non-hydrogen) atoms. The molecular formula is C30H32FNO3. The fourth-order valence-corrected chi connectivity index (χ4v) is 5.75. The SMILES string of the molecule is COC(=O)C(C)C(c1ccc2c(c1)CC(c1ccc(-c3ccnc(OC)c3)cc1F)CC2)C1CC1. The first-order valence-electron chi connectivity index (χ1n) is 12.5. The third-order valence-electron chi connectivity index (χ3n) is 7.80. The van der Waals surface area contributed by atoms with E-state index in [0.29, 0.717) is 11.8 Å². The van der Waals surface area contributed by atoms with Gasteiger partial charge in [-0.25, -0.2) is 9.37 Å². The number of rotatable bonds is 7. The molecule has 2 aliphatic carbocycles. The number of aromatic nitrogens is 1. The molecule has 5 rings (SSSR count). The van der Waals surface area contributed by atoms with Crippen LogP contribution < -0.4 is 4.74 Å². The van der Waals surface area contributed by atoms with Gasteiger partial charge in [-0.1, -0.05) is 37.3 Å². The van der Waals surface area contributed by atoms with Gasteiger partial charge in [-0.15, -0.1) is 0 Å². The predicted molar refractivity (Wildman–Crippen MR) is 134 cm³/mol. The molecule has 0 N–H and O–H groups in total. The molecule has 0 amide bonds. The zero-order chi connectivity index (χ0) is 24.5. The molecule has 2 aromatic carbocycles. The van der Waals surface area contributed by atoms with E-state index in [0.717, 1.165) is 48.8 Å². The standard InChI is InChI=1S/C30H32FNO3/c1-18(30(33)35-3)29(20-6-7-20)24-9-5-19-4-8-23(14-25(19)15-24)26-11-10-21(16-27(26)31)22-12-13-32-28(17-22)34-2/h5,9-13,15-18,20,23,29H,4,6-8,14H2,1-3H3. The van der Waals surface area contributed by atoms with Crippen molar-refractivity contribution in [3.63, 3.8) is 0 Å². The minimum Gasteiger partial charge on any atom is -0.481 e. The minimum absolute atomic E-state index is 0.135. The molecule has 5 heteroatoms. The highest BCUT2D eigenvalue weighted by Gasteiger charge is 2.39. The molecule has 4 nitrogen and oxygen atoms in total. The lowest BCUT2D eigenvalue weighted by Crippen LogP contribution is -2.23. The van der Waals surface area contributed by atoms with Gasteiger partial charge in [0.2, 0.25) is 5.88 Å². The van der Waals surface area contributed by atoms with Crippen molar-refractivity contribution in [3.05, 3.63) is 82.8 Å². The van der Waals surface area contributed by atoms with E-state index in [2.05, 4.69) is 23.2 Å². The second-order valence-corrected chi connectivity index (χ2v) is 9.97. The van der Waals surface area contributed by atoms with Crippen molar-refractivity contribution < 1.29 is 18.7 Å². The van der Waals surface area contributed by atoms with Gasteiger partial charge in [-0.2, -0.15) is 0 Å². The van der Waals surface area contributed by atoms with Crippen molar-refractivity contribution in [3.8, 4) is 17.0 Å². The van der Waals surface area contributed by atoms with Gasteiger partial charge in [0.15, 0.2) is 0 Å². The monoisotopic (exact) mass is 473 g/mol. The van der Waals surface area contributed by atoms with Gasteiger partial charge in [-0.05, 0) is 95.4 Å². The van der Waals surface area contributed by atoms with Gasteiger partial charge in [0.05, 0.1) is 20.1 Å². The number of carbonyl (C=O) groups is 1. The topological polar surface area (TPSA) is 48.4 Å². The summed E-state index contributed by atoms with van der Waals surface area (Å²) in [6, 6.07) is 15.9. The molecule has 1 saturated carbocycles. The van der Waals surface area contributed by atoms with Crippen molar-refractivity contribution in [1.29, 1.82) is 0 Å². The maximum Gasteiger partial charge on any atom is 0.309 e. The number of hydrogen-bond donors (Lipinski definition) is 0. The summed E-state index contributed by atoms with van der Waals surface area (Å²) in [5, 5.41) is 0. The Morgan fingerprint density at radius 1 is 1.00 bits per heavy atom. The van der Waals surface area contributed by atoms with Gasteiger partial charge >= 0.3 is 5.97 Å². The normalized spacial score (nSPS) is 18.9. The fourth-order valence-electron chi connectivity index (χ4n) is 5.75. The first-order chi connectivity index (χ1) is 17.0. The summed E-state index contributed by atoms with van der Waals surface area (Å²) in [6.45, 7) is 1.98. The van der Waals surface area contributed by atoms with E-state index in [1.165, 1.54) is 23.8 Å². The van der Waals surface area contributed by atoms with Crippen molar-refractivity contribution >= 4 is 5.97 Å². The molecule has 2 aliphatic rings. The lowest BCUT2D eigenvalue weighted by atomic mass is 9.76.